The predicted molar refractivity (Wildman–Crippen MR) is 66.2 cm³/mol. The second-order valence-corrected chi connectivity index (χ2v) is 5.07. The van der Waals surface area contributed by atoms with Crippen molar-refractivity contribution in [3.8, 4) is 0 Å². The zero-order valence-electron chi connectivity index (χ0n) is 10.9. The third-order valence-electron chi connectivity index (χ3n) is 3.49. The highest BCUT2D eigenvalue weighted by Gasteiger charge is 2.32. The SMILES string of the molecule is CC(N)C1CCCCN1C(C)C(=O)N(C)C. The van der Waals surface area contributed by atoms with Crippen LogP contribution in [0.5, 0.6) is 0 Å². The molecule has 3 atom stereocenters. The molecule has 2 N–H and O–H groups in total. The maximum Gasteiger partial charge on any atom is 0.239 e. The quantitative estimate of drug-likeness (QED) is 0.771. The molecular formula is C12H25N3O. The van der Waals surface area contributed by atoms with Crippen molar-refractivity contribution < 1.29 is 4.79 Å². The van der Waals surface area contributed by atoms with Crippen LogP contribution < -0.4 is 5.73 Å². The normalized spacial score (nSPS) is 26.2. The van der Waals surface area contributed by atoms with Gasteiger partial charge in [-0.2, -0.15) is 0 Å². The number of hydrogen-bond donors (Lipinski definition) is 1. The van der Waals surface area contributed by atoms with Gasteiger partial charge in [0, 0.05) is 26.2 Å². The van der Waals surface area contributed by atoms with E-state index in [0.717, 1.165) is 13.0 Å². The first-order valence-corrected chi connectivity index (χ1v) is 6.17. The number of hydrogen-bond acceptors (Lipinski definition) is 3. The van der Waals surface area contributed by atoms with Crippen molar-refractivity contribution in [2.24, 2.45) is 5.73 Å². The molecule has 0 aromatic heterocycles. The molecule has 0 spiro atoms. The Balaban J connectivity index is 2.71. The van der Waals surface area contributed by atoms with Gasteiger partial charge in [0.25, 0.3) is 0 Å². The van der Waals surface area contributed by atoms with Gasteiger partial charge in [-0.15, -0.1) is 0 Å². The fourth-order valence-electron chi connectivity index (χ4n) is 2.54. The van der Waals surface area contributed by atoms with Crippen LogP contribution in [0.25, 0.3) is 0 Å². The number of carbonyl (C=O) groups excluding carboxylic acids is 1. The third-order valence-corrected chi connectivity index (χ3v) is 3.49. The Morgan fingerprint density at radius 2 is 2.00 bits per heavy atom. The summed E-state index contributed by atoms with van der Waals surface area (Å²) in [6.45, 7) is 5.02. The van der Waals surface area contributed by atoms with E-state index in [1.807, 2.05) is 27.9 Å². The van der Waals surface area contributed by atoms with Gasteiger partial charge in [-0.25, -0.2) is 0 Å². The van der Waals surface area contributed by atoms with E-state index >= 15 is 0 Å². The molecule has 0 aromatic carbocycles. The highest BCUT2D eigenvalue weighted by Crippen LogP contribution is 2.21. The van der Waals surface area contributed by atoms with Crippen molar-refractivity contribution in [3.05, 3.63) is 0 Å². The van der Waals surface area contributed by atoms with Gasteiger partial charge in [0.1, 0.15) is 0 Å². The van der Waals surface area contributed by atoms with Crippen molar-refractivity contribution >= 4 is 5.91 Å². The van der Waals surface area contributed by atoms with Gasteiger partial charge in [0.15, 0.2) is 0 Å². The third kappa shape index (κ3) is 2.95. The molecule has 1 rings (SSSR count). The summed E-state index contributed by atoms with van der Waals surface area (Å²) in [4.78, 5) is 15.9. The highest BCUT2D eigenvalue weighted by atomic mass is 16.2. The Bertz CT molecular complexity index is 240. The van der Waals surface area contributed by atoms with E-state index in [4.69, 9.17) is 5.73 Å². The van der Waals surface area contributed by atoms with E-state index in [2.05, 4.69) is 4.90 Å². The number of nitrogens with two attached hydrogens (primary N) is 1. The number of amides is 1. The van der Waals surface area contributed by atoms with Gasteiger partial charge in [0.2, 0.25) is 5.91 Å². The molecule has 0 bridgehead atoms. The minimum Gasteiger partial charge on any atom is -0.347 e. The van der Waals surface area contributed by atoms with E-state index in [1.165, 1.54) is 12.8 Å². The topological polar surface area (TPSA) is 49.6 Å². The van der Waals surface area contributed by atoms with Crippen LogP contribution in [0, 0.1) is 0 Å². The summed E-state index contributed by atoms with van der Waals surface area (Å²) in [7, 11) is 3.62. The molecule has 1 amide bonds. The monoisotopic (exact) mass is 227 g/mol. The van der Waals surface area contributed by atoms with Gasteiger partial charge in [-0.3, -0.25) is 9.69 Å². The zero-order chi connectivity index (χ0) is 12.3. The average Bonchev–Trinajstić information content (AvgIpc) is 2.26. The number of carbonyl (C=O) groups is 1. The Kier molecular flexibility index (Phi) is 4.74. The maximum absolute atomic E-state index is 12.0. The van der Waals surface area contributed by atoms with Crippen LogP contribution in [0.2, 0.25) is 0 Å². The molecule has 0 radical (unpaired) electrons. The van der Waals surface area contributed by atoms with Gasteiger partial charge in [-0.1, -0.05) is 6.42 Å². The van der Waals surface area contributed by atoms with Crippen molar-refractivity contribution in [1.29, 1.82) is 0 Å². The average molecular weight is 227 g/mol. The first-order valence-electron chi connectivity index (χ1n) is 6.17. The molecule has 94 valence electrons. The molecule has 0 aromatic rings. The minimum absolute atomic E-state index is 0.0497. The van der Waals surface area contributed by atoms with Crippen LogP contribution in [0.15, 0.2) is 0 Å². The van der Waals surface area contributed by atoms with Crippen molar-refractivity contribution in [2.75, 3.05) is 20.6 Å². The molecule has 1 saturated heterocycles. The summed E-state index contributed by atoms with van der Waals surface area (Å²) in [5.41, 5.74) is 6.01. The van der Waals surface area contributed by atoms with Gasteiger partial charge >= 0.3 is 0 Å². The molecule has 0 saturated carbocycles. The minimum atomic E-state index is -0.0497. The van der Waals surface area contributed by atoms with E-state index in [9.17, 15) is 4.79 Å². The molecule has 0 aliphatic carbocycles. The fraction of sp³-hybridized carbons (Fsp3) is 0.917. The first-order chi connectivity index (χ1) is 7.45. The smallest absolute Gasteiger partial charge is 0.239 e. The molecule has 3 unspecified atom stereocenters. The Morgan fingerprint density at radius 1 is 1.38 bits per heavy atom. The Hall–Kier alpha value is -0.610. The lowest BCUT2D eigenvalue weighted by molar-refractivity contribution is -0.135. The lowest BCUT2D eigenvalue weighted by atomic mass is 9.95. The van der Waals surface area contributed by atoms with Crippen molar-refractivity contribution in [3.63, 3.8) is 0 Å². The summed E-state index contributed by atoms with van der Waals surface area (Å²) in [5, 5.41) is 0. The van der Waals surface area contributed by atoms with Crippen LogP contribution in [0.4, 0.5) is 0 Å². The number of piperidine rings is 1. The predicted octanol–water partition coefficient (Wildman–Crippen LogP) is 0.665. The van der Waals surface area contributed by atoms with Gasteiger partial charge < -0.3 is 10.6 Å². The molecule has 1 heterocycles. The van der Waals surface area contributed by atoms with E-state index in [1.54, 1.807) is 4.90 Å². The van der Waals surface area contributed by atoms with Crippen LogP contribution >= 0.6 is 0 Å². The van der Waals surface area contributed by atoms with Crippen LogP contribution in [-0.2, 0) is 4.79 Å². The Labute approximate surface area is 98.8 Å². The molecule has 1 aliphatic rings. The second-order valence-electron chi connectivity index (χ2n) is 5.07. The largest absolute Gasteiger partial charge is 0.347 e. The van der Waals surface area contributed by atoms with E-state index in [0.29, 0.717) is 6.04 Å². The molecule has 1 fully saturated rings. The standard InChI is InChI=1S/C12H25N3O/c1-9(13)11-7-5-6-8-15(11)10(2)12(16)14(3)4/h9-11H,5-8,13H2,1-4H3. The fourth-order valence-corrected chi connectivity index (χ4v) is 2.54. The molecule has 1 aliphatic heterocycles. The lowest BCUT2D eigenvalue weighted by Crippen LogP contribution is -2.56. The molecule has 4 nitrogen and oxygen atoms in total. The van der Waals surface area contributed by atoms with E-state index in [-0.39, 0.29) is 18.0 Å². The zero-order valence-corrected chi connectivity index (χ0v) is 10.9. The molecule has 16 heavy (non-hydrogen) atoms. The molecule has 4 heteroatoms. The van der Waals surface area contributed by atoms with Crippen molar-refractivity contribution in [2.45, 2.75) is 51.2 Å². The first kappa shape index (κ1) is 13.5. The van der Waals surface area contributed by atoms with Crippen LogP contribution in [-0.4, -0.2) is 54.5 Å². The number of likely N-dealkylation sites (N-methyl/N-ethyl adjacent to an activating group) is 1. The number of likely N-dealkylation sites (tertiary alicyclic amines) is 1. The summed E-state index contributed by atoms with van der Waals surface area (Å²) in [5.74, 6) is 0.174. The van der Waals surface area contributed by atoms with Gasteiger partial charge in [0.05, 0.1) is 6.04 Å². The summed E-state index contributed by atoms with van der Waals surface area (Å²) < 4.78 is 0. The highest BCUT2D eigenvalue weighted by molar-refractivity contribution is 5.81. The summed E-state index contributed by atoms with van der Waals surface area (Å²) in [6, 6.07) is 0.441. The van der Waals surface area contributed by atoms with Gasteiger partial charge in [-0.05, 0) is 33.2 Å². The number of rotatable bonds is 3. The maximum atomic E-state index is 12.0. The second kappa shape index (κ2) is 5.64. The van der Waals surface area contributed by atoms with Crippen LogP contribution in [0.1, 0.15) is 33.1 Å². The summed E-state index contributed by atoms with van der Waals surface area (Å²) in [6.07, 6.45) is 3.52. The van der Waals surface area contributed by atoms with Crippen LogP contribution in [0.3, 0.4) is 0 Å². The summed E-state index contributed by atoms with van der Waals surface area (Å²) >= 11 is 0. The molecular weight excluding hydrogens is 202 g/mol. The Morgan fingerprint density at radius 3 is 2.50 bits per heavy atom. The lowest BCUT2D eigenvalue weighted by Gasteiger charge is -2.41. The van der Waals surface area contributed by atoms with E-state index < -0.39 is 0 Å². The van der Waals surface area contributed by atoms with Crippen molar-refractivity contribution in [1.82, 2.24) is 9.80 Å². The number of nitrogens with zero attached hydrogens (tertiary/aromatic N) is 2.